The molecule has 0 aliphatic carbocycles. The first-order valence-electron chi connectivity index (χ1n) is 7.63. The summed E-state index contributed by atoms with van der Waals surface area (Å²) in [5.41, 5.74) is -0.411. The fourth-order valence-corrected chi connectivity index (χ4v) is 2.75. The number of benzene rings is 1. The first kappa shape index (κ1) is 16.3. The molecule has 0 bridgehead atoms. The largest absolute Gasteiger partial charge is 0.497 e. The SMILES string of the molecule is COc1ccc(C(=O)NC(C)(C)C(=O)N2CCC[C@H]2C)cc1. The van der Waals surface area contributed by atoms with Gasteiger partial charge in [-0.15, -0.1) is 0 Å². The van der Waals surface area contributed by atoms with Crippen molar-refractivity contribution in [3.05, 3.63) is 29.8 Å². The number of carbonyl (C=O) groups excluding carboxylic acids is 2. The van der Waals surface area contributed by atoms with Crippen LogP contribution in [0, 0.1) is 0 Å². The second kappa shape index (κ2) is 6.38. The standard InChI is InChI=1S/C17H24N2O3/c1-12-6-5-11-19(12)16(21)17(2,3)18-15(20)13-7-9-14(22-4)10-8-13/h7-10,12H,5-6,11H2,1-4H3,(H,18,20)/t12-/m1/s1. The molecule has 1 aromatic rings. The van der Waals surface area contributed by atoms with Crippen molar-refractivity contribution in [2.75, 3.05) is 13.7 Å². The number of hydrogen-bond acceptors (Lipinski definition) is 3. The van der Waals surface area contributed by atoms with Crippen molar-refractivity contribution in [1.29, 1.82) is 0 Å². The smallest absolute Gasteiger partial charge is 0.252 e. The second-order valence-electron chi connectivity index (χ2n) is 6.30. The van der Waals surface area contributed by atoms with Gasteiger partial charge in [0.2, 0.25) is 5.91 Å². The number of hydrogen-bond donors (Lipinski definition) is 1. The van der Waals surface area contributed by atoms with Crippen LogP contribution in [0.5, 0.6) is 5.75 Å². The molecule has 0 aromatic heterocycles. The molecular weight excluding hydrogens is 280 g/mol. The lowest BCUT2D eigenvalue weighted by Crippen LogP contribution is -2.56. The molecule has 1 heterocycles. The van der Waals surface area contributed by atoms with E-state index in [2.05, 4.69) is 5.32 Å². The topological polar surface area (TPSA) is 58.6 Å². The van der Waals surface area contributed by atoms with Gasteiger partial charge in [0.25, 0.3) is 5.91 Å². The number of likely N-dealkylation sites (tertiary alicyclic amines) is 1. The van der Waals surface area contributed by atoms with Crippen LogP contribution in [-0.2, 0) is 4.79 Å². The lowest BCUT2D eigenvalue weighted by atomic mass is 10.0. The third-order valence-corrected chi connectivity index (χ3v) is 4.13. The molecule has 1 fully saturated rings. The molecule has 1 aromatic carbocycles. The van der Waals surface area contributed by atoms with Crippen LogP contribution < -0.4 is 10.1 Å². The van der Waals surface area contributed by atoms with E-state index in [1.54, 1.807) is 45.2 Å². The predicted octanol–water partition coefficient (Wildman–Crippen LogP) is 2.21. The number of nitrogens with one attached hydrogen (secondary N) is 1. The highest BCUT2D eigenvalue weighted by molar-refractivity contribution is 5.99. The minimum atomic E-state index is -0.921. The molecule has 0 saturated carbocycles. The molecule has 0 radical (unpaired) electrons. The average molecular weight is 304 g/mol. The molecule has 5 heteroatoms. The van der Waals surface area contributed by atoms with Crippen molar-refractivity contribution in [3.8, 4) is 5.75 Å². The zero-order valence-corrected chi connectivity index (χ0v) is 13.7. The molecule has 1 aliphatic heterocycles. The van der Waals surface area contributed by atoms with Crippen molar-refractivity contribution in [3.63, 3.8) is 0 Å². The molecule has 2 rings (SSSR count). The Labute approximate surface area is 131 Å². The summed E-state index contributed by atoms with van der Waals surface area (Å²) in [6, 6.07) is 7.07. The van der Waals surface area contributed by atoms with Gasteiger partial charge >= 0.3 is 0 Å². The predicted molar refractivity (Wildman–Crippen MR) is 84.9 cm³/mol. The molecule has 1 aliphatic rings. The Morgan fingerprint density at radius 1 is 1.27 bits per heavy atom. The highest BCUT2D eigenvalue weighted by atomic mass is 16.5. The monoisotopic (exact) mass is 304 g/mol. The molecule has 0 unspecified atom stereocenters. The summed E-state index contributed by atoms with van der Waals surface area (Å²) >= 11 is 0. The molecule has 1 atom stereocenters. The molecular formula is C17H24N2O3. The molecule has 5 nitrogen and oxygen atoms in total. The third-order valence-electron chi connectivity index (χ3n) is 4.13. The zero-order chi connectivity index (χ0) is 16.3. The molecule has 1 saturated heterocycles. The number of nitrogens with zero attached hydrogens (tertiary/aromatic N) is 1. The highest BCUT2D eigenvalue weighted by Crippen LogP contribution is 2.21. The fraction of sp³-hybridized carbons (Fsp3) is 0.529. The summed E-state index contributed by atoms with van der Waals surface area (Å²) in [5, 5.41) is 2.84. The Kier molecular flexibility index (Phi) is 4.74. The quantitative estimate of drug-likeness (QED) is 0.928. The van der Waals surface area contributed by atoms with Crippen molar-refractivity contribution in [2.24, 2.45) is 0 Å². The van der Waals surface area contributed by atoms with Crippen LogP contribution in [0.1, 0.15) is 44.0 Å². The maximum absolute atomic E-state index is 12.6. The maximum Gasteiger partial charge on any atom is 0.252 e. The number of methoxy groups -OCH3 is 1. The summed E-state index contributed by atoms with van der Waals surface area (Å²) in [6.45, 7) is 6.32. The lowest BCUT2D eigenvalue weighted by Gasteiger charge is -2.32. The van der Waals surface area contributed by atoms with Crippen LogP contribution >= 0.6 is 0 Å². The van der Waals surface area contributed by atoms with Gasteiger partial charge in [0.1, 0.15) is 11.3 Å². The minimum Gasteiger partial charge on any atom is -0.497 e. The number of ether oxygens (including phenoxy) is 1. The Morgan fingerprint density at radius 3 is 2.41 bits per heavy atom. The molecule has 22 heavy (non-hydrogen) atoms. The van der Waals surface area contributed by atoms with Crippen LogP contribution in [0.3, 0.4) is 0 Å². The third kappa shape index (κ3) is 3.40. The Hall–Kier alpha value is -2.04. The van der Waals surface area contributed by atoms with Gasteiger partial charge in [0, 0.05) is 18.2 Å². The van der Waals surface area contributed by atoms with Crippen molar-refractivity contribution in [1.82, 2.24) is 10.2 Å². The van der Waals surface area contributed by atoms with E-state index in [9.17, 15) is 9.59 Å². The number of amides is 2. The van der Waals surface area contributed by atoms with Crippen LogP contribution in [0.2, 0.25) is 0 Å². The lowest BCUT2D eigenvalue weighted by molar-refractivity contribution is -0.137. The van der Waals surface area contributed by atoms with Crippen molar-refractivity contribution in [2.45, 2.75) is 45.2 Å². The Bertz CT molecular complexity index is 552. The van der Waals surface area contributed by atoms with Crippen LogP contribution in [-0.4, -0.2) is 41.9 Å². The van der Waals surface area contributed by atoms with Crippen molar-refractivity contribution >= 4 is 11.8 Å². The van der Waals surface area contributed by atoms with Crippen LogP contribution in [0.4, 0.5) is 0 Å². The van der Waals surface area contributed by atoms with E-state index in [4.69, 9.17) is 4.74 Å². The summed E-state index contributed by atoms with van der Waals surface area (Å²) in [7, 11) is 1.58. The Balaban J connectivity index is 2.06. The highest BCUT2D eigenvalue weighted by Gasteiger charge is 2.37. The number of rotatable bonds is 4. The minimum absolute atomic E-state index is 0.0284. The van der Waals surface area contributed by atoms with Gasteiger partial charge in [0.15, 0.2) is 0 Å². The first-order valence-corrected chi connectivity index (χ1v) is 7.63. The molecule has 2 amide bonds. The van der Waals surface area contributed by atoms with Gasteiger partial charge in [-0.1, -0.05) is 0 Å². The Morgan fingerprint density at radius 2 is 1.91 bits per heavy atom. The first-order chi connectivity index (χ1) is 10.3. The van der Waals surface area contributed by atoms with Crippen LogP contribution in [0.15, 0.2) is 24.3 Å². The summed E-state index contributed by atoms with van der Waals surface area (Å²) in [6.07, 6.45) is 2.05. The van der Waals surface area contributed by atoms with E-state index < -0.39 is 5.54 Å². The molecule has 120 valence electrons. The number of carbonyl (C=O) groups is 2. The van der Waals surface area contributed by atoms with Gasteiger partial charge in [-0.3, -0.25) is 9.59 Å². The molecule has 0 spiro atoms. The summed E-state index contributed by atoms with van der Waals surface area (Å²) < 4.78 is 5.07. The van der Waals surface area contributed by atoms with E-state index in [-0.39, 0.29) is 17.9 Å². The summed E-state index contributed by atoms with van der Waals surface area (Å²) in [5.74, 6) is 0.407. The van der Waals surface area contributed by atoms with Gasteiger partial charge in [-0.25, -0.2) is 0 Å². The van der Waals surface area contributed by atoms with Gasteiger partial charge in [0.05, 0.1) is 7.11 Å². The fourth-order valence-electron chi connectivity index (χ4n) is 2.75. The normalized spacial score (nSPS) is 18.2. The van der Waals surface area contributed by atoms with Gasteiger partial charge in [-0.2, -0.15) is 0 Å². The zero-order valence-electron chi connectivity index (χ0n) is 13.7. The average Bonchev–Trinajstić information content (AvgIpc) is 2.92. The van der Waals surface area contributed by atoms with Crippen LogP contribution in [0.25, 0.3) is 0 Å². The van der Waals surface area contributed by atoms with E-state index in [0.29, 0.717) is 11.3 Å². The molecule has 1 N–H and O–H groups in total. The van der Waals surface area contributed by atoms with Gasteiger partial charge < -0.3 is 15.0 Å². The van der Waals surface area contributed by atoms with Gasteiger partial charge in [-0.05, 0) is 57.9 Å². The maximum atomic E-state index is 12.6. The second-order valence-corrected chi connectivity index (χ2v) is 6.30. The van der Waals surface area contributed by atoms with E-state index >= 15 is 0 Å². The van der Waals surface area contributed by atoms with E-state index in [0.717, 1.165) is 19.4 Å². The summed E-state index contributed by atoms with van der Waals surface area (Å²) in [4.78, 5) is 26.8. The van der Waals surface area contributed by atoms with Crippen molar-refractivity contribution < 1.29 is 14.3 Å². The van der Waals surface area contributed by atoms with E-state index in [1.807, 2.05) is 11.8 Å². The van der Waals surface area contributed by atoms with E-state index in [1.165, 1.54) is 0 Å².